The van der Waals surface area contributed by atoms with Gasteiger partial charge >= 0.3 is 6.09 Å². The quantitative estimate of drug-likeness (QED) is 0.666. The van der Waals surface area contributed by atoms with Gasteiger partial charge < -0.3 is 25.9 Å². The number of imidazole rings is 1. The number of ether oxygens (including phenoxy) is 2. The number of hydrogen-bond donors (Lipinski definition) is 3. The third kappa shape index (κ3) is 3.24. The molecule has 0 saturated carbocycles. The van der Waals surface area contributed by atoms with Crippen molar-refractivity contribution >= 4 is 17.1 Å². The summed E-state index contributed by atoms with van der Waals surface area (Å²) in [5, 5.41) is 0. The van der Waals surface area contributed by atoms with Gasteiger partial charge in [0.1, 0.15) is 23.7 Å². The number of H-pyrrole nitrogens is 1. The number of aromatic amines is 1. The van der Waals surface area contributed by atoms with Gasteiger partial charge in [0.05, 0.1) is 5.52 Å². The molecule has 2 aromatic carbocycles. The lowest BCUT2D eigenvalue weighted by Gasteiger charge is -2.05. The molecular weight excluding hydrogens is 296 g/mol. The molecule has 23 heavy (non-hydrogen) atoms. The Morgan fingerprint density at radius 1 is 1.22 bits per heavy atom. The fraction of sp³-hybridized carbons (Fsp3) is 0.125. The minimum atomic E-state index is -0.876. The lowest BCUT2D eigenvalue weighted by Crippen LogP contribution is -2.16. The monoisotopic (exact) mass is 312 g/mol. The SMILES string of the molecule is NCCOc1cccc(-c2nc3c(OC(N)=O)cccc3[nH]2)c1. The number of aromatic nitrogens is 2. The number of para-hydroxylation sites is 1. The number of rotatable bonds is 5. The zero-order valence-corrected chi connectivity index (χ0v) is 12.3. The summed E-state index contributed by atoms with van der Waals surface area (Å²) in [6, 6.07) is 12.7. The van der Waals surface area contributed by atoms with Crippen LogP contribution < -0.4 is 20.9 Å². The van der Waals surface area contributed by atoms with Gasteiger partial charge in [0.2, 0.25) is 0 Å². The Morgan fingerprint density at radius 2 is 2.04 bits per heavy atom. The predicted octanol–water partition coefficient (Wildman–Crippen LogP) is 2.02. The lowest BCUT2D eigenvalue weighted by atomic mass is 10.2. The highest BCUT2D eigenvalue weighted by Crippen LogP contribution is 2.28. The van der Waals surface area contributed by atoms with E-state index in [4.69, 9.17) is 20.9 Å². The maximum Gasteiger partial charge on any atom is 0.410 e. The van der Waals surface area contributed by atoms with Crippen molar-refractivity contribution in [1.82, 2.24) is 9.97 Å². The molecule has 0 radical (unpaired) electrons. The van der Waals surface area contributed by atoms with E-state index in [-0.39, 0.29) is 0 Å². The van der Waals surface area contributed by atoms with Crippen molar-refractivity contribution in [2.24, 2.45) is 11.5 Å². The molecule has 0 unspecified atom stereocenters. The number of carbonyl (C=O) groups excluding carboxylic acids is 1. The Kier molecular flexibility index (Phi) is 4.11. The molecule has 1 aromatic heterocycles. The molecule has 0 aliphatic rings. The molecule has 1 heterocycles. The number of nitrogens with zero attached hydrogens (tertiary/aromatic N) is 1. The Bertz CT molecular complexity index is 844. The smallest absolute Gasteiger partial charge is 0.410 e. The number of carbonyl (C=O) groups is 1. The van der Waals surface area contributed by atoms with Crippen molar-refractivity contribution < 1.29 is 14.3 Å². The second kappa shape index (κ2) is 6.37. The van der Waals surface area contributed by atoms with Crippen molar-refractivity contribution in [3.8, 4) is 22.9 Å². The maximum absolute atomic E-state index is 11.0. The van der Waals surface area contributed by atoms with Crippen molar-refractivity contribution in [2.75, 3.05) is 13.2 Å². The first-order valence-corrected chi connectivity index (χ1v) is 7.06. The Hall–Kier alpha value is -3.06. The molecule has 0 aliphatic heterocycles. The highest BCUT2D eigenvalue weighted by atomic mass is 16.5. The van der Waals surface area contributed by atoms with E-state index in [1.54, 1.807) is 12.1 Å². The van der Waals surface area contributed by atoms with Crippen LogP contribution in [0.3, 0.4) is 0 Å². The summed E-state index contributed by atoms with van der Waals surface area (Å²) in [5.41, 5.74) is 12.6. The van der Waals surface area contributed by atoms with Gasteiger partial charge in [-0.2, -0.15) is 0 Å². The second-order valence-electron chi connectivity index (χ2n) is 4.82. The maximum atomic E-state index is 11.0. The number of amides is 1. The van der Waals surface area contributed by atoms with Gasteiger partial charge in [0.25, 0.3) is 0 Å². The van der Waals surface area contributed by atoms with Gasteiger partial charge in [-0.3, -0.25) is 0 Å². The van der Waals surface area contributed by atoms with Crippen LogP contribution >= 0.6 is 0 Å². The van der Waals surface area contributed by atoms with Crippen LogP contribution in [0, 0.1) is 0 Å². The molecule has 118 valence electrons. The fourth-order valence-electron chi connectivity index (χ4n) is 2.24. The van der Waals surface area contributed by atoms with Crippen molar-refractivity contribution in [1.29, 1.82) is 0 Å². The molecule has 3 aromatic rings. The molecule has 0 atom stereocenters. The summed E-state index contributed by atoms with van der Waals surface area (Å²) >= 11 is 0. The number of nitrogens with one attached hydrogen (secondary N) is 1. The van der Waals surface area contributed by atoms with Crippen LogP contribution in [0.2, 0.25) is 0 Å². The van der Waals surface area contributed by atoms with Crippen molar-refractivity contribution in [3.63, 3.8) is 0 Å². The van der Waals surface area contributed by atoms with E-state index in [2.05, 4.69) is 9.97 Å². The van der Waals surface area contributed by atoms with E-state index in [1.165, 1.54) is 0 Å². The summed E-state index contributed by atoms with van der Waals surface area (Å²) in [4.78, 5) is 18.6. The highest BCUT2D eigenvalue weighted by Gasteiger charge is 2.11. The Morgan fingerprint density at radius 3 is 2.83 bits per heavy atom. The molecule has 0 saturated heterocycles. The van der Waals surface area contributed by atoms with Gasteiger partial charge in [-0.1, -0.05) is 18.2 Å². The summed E-state index contributed by atoms with van der Waals surface area (Å²) < 4.78 is 10.5. The van der Waals surface area contributed by atoms with E-state index in [0.717, 1.165) is 11.1 Å². The largest absolute Gasteiger partial charge is 0.492 e. The molecule has 0 fully saturated rings. The van der Waals surface area contributed by atoms with Crippen molar-refractivity contribution in [2.45, 2.75) is 0 Å². The first-order valence-electron chi connectivity index (χ1n) is 7.06. The number of hydrogen-bond acceptors (Lipinski definition) is 5. The first kappa shape index (κ1) is 14.9. The van der Waals surface area contributed by atoms with Crippen LogP contribution in [0.1, 0.15) is 0 Å². The molecule has 0 spiro atoms. The molecule has 5 N–H and O–H groups in total. The topological polar surface area (TPSA) is 116 Å². The van der Waals surface area contributed by atoms with Gasteiger partial charge in [0.15, 0.2) is 5.75 Å². The fourth-order valence-corrected chi connectivity index (χ4v) is 2.24. The Labute approximate surface area is 132 Å². The molecule has 7 heteroatoms. The highest BCUT2D eigenvalue weighted by molar-refractivity contribution is 5.87. The van der Waals surface area contributed by atoms with E-state index >= 15 is 0 Å². The number of primary amides is 1. The Balaban J connectivity index is 1.99. The minimum Gasteiger partial charge on any atom is -0.492 e. The third-order valence-corrected chi connectivity index (χ3v) is 3.18. The molecule has 3 rings (SSSR count). The molecular formula is C16H16N4O3. The number of nitrogens with two attached hydrogens (primary N) is 2. The van der Waals surface area contributed by atoms with Crippen LogP contribution in [-0.2, 0) is 0 Å². The van der Waals surface area contributed by atoms with Crippen LogP contribution in [0.25, 0.3) is 22.4 Å². The van der Waals surface area contributed by atoms with E-state index < -0.39 is 6.09 Å². The third-order valence-electron chi connectivity index (χ3n) is 3.18. The van der Waals surface area contributed by atoms with E-state index in [9.17, 15) is 4.79 Å². The second-order valence-corrected chi connectivity index (χ2v) is 4.82. The average Bonchev–Trinajstić information content (AvgIpc) is 2.98. The van der Waals surface area contributed by atoms with Crippen LogP contribution in [0.5, 0.6) is 11.5 Å². The molecule has 7 nitrogen and oxygen atoms in total. The molecule has 0 aliphatic carbocycles. The predicted molar refractivity (Wildman–Crippen MR) is 86.3 cm³/mol. The van der Waals surface area contributed by atoms with Crippen LogP contribution in [-0.4, -0.2) is 29.2 Å². The number of benzene rings is 2. The lowest BCUT2D eigenvalue weighted by molar-refractivity contribution is 0.211. The van der Waals surface area contributed by atoms with Gasteiger partial charge in [0, 0.05) is 12.1 Å². The van der Waals surface area contributed by atoms with Gasteiger partial charge in [-0.15, -0.1) is 0 Å². The molecule has 0 bridgehead atoms. The van der Waals surface area contributed by atoms with Crippen molar-refractivity contribution in [3.05, 3.63) is 42.5 Å². The average molecular weight is 312 g/mol. The zero-order chi connectivity index (χ0) is 16.2. The zero-order valence-electron chi connectivity index (χ0n) is 12.3. The standard InChI is InChI=1S/C16H16N4O3/c17-7-8-22-11-4-1-3-10(9-11)15-19-12-5-2-6-13(14(12)20-15)23-16(18)21/h1-6,9H,7-8,17H2,(H2,18,21)(H,19,20). The minimum absolute atomic E-state index is 0.313. The first-order chi connectivity index (χ1) is 11.2. The summed E-state index contributed by atoms with van der Waals surface area (Å²) in [6.07, 6.45) is -0.876. The summed E-state index contributed by atoms with van der Waals surface area (Å²) in [7, 11) is 0. The van der Waals surface area contributed by atoms with Crippen LogP contribution in [0.15, 0.2) is 42.5 Å². The van der Waals surface area contributed by atoms with Crippen LogP contribution in [0.4, 0.5) is 4.79 Å². The van der Waals surface area contributed by atoms with Gasteiger partial charge in [-0.05, 0) is 24.3 Å². The summed E-state index contributed by atoms with van der Waals surface area (Å²) in [6.45, 7) is 0.892. The normalized spacial score (nSPS) is 10.7. The van der Waals surface area contributed by atoms with E-state index in [0.29, 0.717) is 36.0 Å². The van der Waals surface area contributed by atoms with Gasteiger partial charge in [-0.25, -0.2) is 9.78 Å². The van der Waals surface area contributed by atoms with E-state index in [1.807, 2.05) is 30.3 Å². The number of fused-ring (bicyclic) bond motifs is 1. The summed E-state index contributed by atoms with van der Waals surface area (Å²) in [5.74, 6) is 1.66. The molecule has 1 amide bonds.